The molecule has 2 aliphatic rings. The summed E-state index contributed by atoms with van der Waals surface area (Å²) in [6.07, 6.45) is 0.00253. The number of hydrogen-bond acceptors (Lipinski definition) is 5. The van der Waals surface area contributed by atoms with E-state index < -0.39 is 0 Å². The average Bonchev–Trinajstić information content (AvgIpc) is 2.94. The van der Waals surface area contributed by atoms with Gasteiger partial charge in [0.25, 0.3) is 0 Å². The number of hydrogen-bond donors (Lipinski definition) is 2. The van der Waals surface area contributed by atoms with Crippen molar-refractivity contribution in [3.8, 4) is 0 Å². The minimum absolute atomic E-state index is 0.0468. The first-order valence-electron chi connectivity index (χ1n) is 7.38. The molecule has 1 aromatic rings. The van der Waals surface area contributed by atoms with Crippen molar-refractivity contribution in [3.05, 3.63) is 24.3 Å². The number of rotatable bonds is 4. The van der Waals surface area contributed by atoms with Gasteiger partial charge in [0, 0.05) is 30.4 Å². The van der Waals surface area contributed by atoms with Gasteiger partial charge in [0.2, 0.25) is 5.91 Å². The minimum Gasteiger partial charge on any atom is -0.447 e. The van der Waals surface area contributed by atoms with E-state index in [1.54, 1.807) is 23.1 Å². The zero-order valence-electron chi connectivity index (χ0n) is 12.2. The van der Waals surface area contributed by atoms with Gasteiger partial charge in [0.1, 0.15) is 6.61 Å². The Morgan fingerprint density at radius 2 is 2.32 bits per heavy atom. The van der Waals surface area contributed by atoms with E-state index in [1.807, 2.05) is 6.07 Å². The van der Waals surface area contributed by atoms with E-state index in [1.165, 1.54) is 0 Å². The quantitative estimate of drug-likeness (QED) is 0.866. The summed E-state index contributed by atoms with van der Waals surface area (Å²) in [7, 11) is 0. The molecule has 0 saturated carbocycles. The molecule has 7 nitrogen and oxygen atoms in total. The highest BCUT2D eigenvalue weighted by molar-refractivity contribution is 5.93. The molecule has 2 heterocycles. The summed E-state index contributed by atoms with van der Waals surface area (Å²) in [6.45, 7) is 2.92. The largest absolute Gasteiger partial charge is 0.447 e. The van der Waals surface area contributed by atoms with Crippen molar-refractivity contribution >= 4 is 23.4 Å². The van der Waals surface area contributed by atoms with Crippen LogP contribution in [0.1, 0.15) is 6.42 Å². The fourth-order valence-corrected chi connectivity index (χ4v) is 2.57. The summed E-state index contributed by atoms with van der Waals surface area (Å²) < 4.78 is 10.2. The van der Waals surface area contributed by atoms with Crippen molar-refractivity contribution < 1.29 is 19.1 Å². The molecule has 2 fully saturated rings. The summed E-state index contributed by atoms with van der Waals surface area (Å²) >= 11 is 0. The zero-order valence-corrected chi connectivity index (χ0v) is 12.2. The van der Waals surface area contributed by atoms with E-state index in [0.717, 1.165) is 12.2 Å². The van der Waals surface area contributed by atoms with Crippen LogP contribution in [0.5, 0.6) is 0 Å². The second-order valence-corrected chi connectivity index (χ2v) is 5.29. The molecule has 2 N–H and O–H groups in total. The highest BCUT2D eigenvalue weighted by Crippen LogP contribution is 2.22. The topological polar surface area (TPSA) is 79.9 Å². The number of amides is 2. The van der Waals surface area contributed by atoms with Gasteiger partial charge in [-0.05, 0) is 18.2 Å². The lowest BCUT2D eigenvalue weighted by Gasteiger charge is -2.23. The molecule has 0 radical (unpaired) electrons. The van der Waals surface area contributed by atoms with Crippen molar-refractivity contribution in [2.75, 3.05) is 43.1 Å². The third-order valence-corrected chi connectivity index (χ3v) is 3.63. The Kier molecular flexibility index (Phi) is 4.55. The average molecular weight is 305 g/mol. The zero-order chi connectivity index (χ0) is 15.4. The molecule has 0 bridgehead atoms. The van der Waals surface area contributed by atoms with Gasteiger partial charge in [-0.15, -0.1) is 0 Å². The third kappa shape index (κ3) is 3.55. The monoisotopic (exact) mass is 305 g/mol. The molecule has 0 aliphatic carbocycles. The Hall–Kier alpha value is -2.12. The van der Waals surface area contributed by atoms with Gasteiger partial charge >= 0.3 is 6.09 Å². The van der Waals surface area contributed by atoms with Crippen LogP contribution in [0.2, 0.25) is 0 Å². The van der Waals surface area contributed by atoms with Crippen LogP contribution in [0.4, 0.5) is 16.2 Å². The van der Waals surface area contributed by atoms with Gasteiger partial charge in [-0.3, -0.25) is 9.69 Å². The van der Waals surface area contributed by atoms with Gasteiger partial charge < -0.3 is 20.1 Å². The van der Waals surface area contributed by atoms with Gasteiger partial charge in [-0.1, -0.05) is 6.07 Å². The van der Waals surface area contributed by atoms with Gasteiger partial charge in [-0.25, -0.2) is 4.79 Å². The summed E-state index contributed by atoms with van der Waals surface area (Å²) in [5.74, 6) is -0.0795. The fraction of sp³-hybridized carbons (Fsp3) is 0.467. The predicted molar refractivity (Wildman–Crippen MR) is 81.0 cm³/mol. The number of nitrogens with zero attached hydrogens (tertiary/aromatic N) is 1. The van der Waals surface area contributed by atoms with Crippen molar-refractivity contribution in [1.29, 1.82) is 0 Å². The van der Waals surface area contributed by atoms with Crippen molar-refractivity contribution in [2.45, 2.75) is 12.5 Å². The first-order chi connectivity index (χ1) is 10.7. The molecule has 0 spiro atoms. The number of carbonyl (C=O) groups excluding carboxylic acids is 2. The van der Waals surface area contributed by atoms with Crippen molar-refractivity contribution in [1.82, 2.24) is 5.32 Å². The summed E-state index contributed by atoms with van der Waals surface area (Å²) in [6, 6.07) is 7.24. The van der Waals surface area contributed by atoms with Crippen LogP contribution in [-0.2, 0) is 14.3 Å². The SMILES string of the molecule is O=C(C[C@H]1COCCN1)Nc1cccc(N2CCOC2=O)c1. The molecule has 22 heavy (non-hydrogen) atoms. The van der Waals surface area contributed by atoms with Crippen molar-refractivity contribution in [2.24, 2.45) is 0 Å². The van der Waals surface area contributed by atoms with Crippen LogP contribution in [0.15, 0.2) is 24.3 Å². The van der Waals surface area contributed by atoms with Gasteiger partial charge in [0.15, 0.2) is 0 Å². The van der Waals surface area contributed by atoms with Crippen LogP contribution < -0.4 is 15.5 Å². The molecule has 7 heteroatoms. The Balaban J connectivity index is 1.60. The molecule has 3 rings (SSSR count). The molecule has 0 aromatic heterocycles. The first-order valence-corrected chi connectivity index (χ1v) is 7.38. The number of benzene rings is 1. The maximum atomic E-state index is 12.1. The lowest BCUT2D eigenvalue weighted by atomic mass is 10.2. The Labute approximate surface area is 128 Å². The van der Waals surface area contributed by atoms with Gasteiger partial charge in [-0.2, -0.15) is 0 Å². The molecule has 118 valence electrons. The normalized spacial score (nSPS) is 21.5. The number of carbonyl (C=O) groups is 2. The van der Waals surface area contributed by atoms with Crippen LogP contribution in [0, 0.1) is 0 Å². The molecular weight excluding hydrogens is 286 g/mol. The Morgan fingerprint density at radius 3 is 3.05 bits per heavy atom. The van der Waals surface area contributed by atoms with Crippen LogP contribution in [-0.4, -0.2) is 51.0 Å². The summed E-state index contributed by atoms with van der Waals surface area (Å²) in [5, 5.41) is 6.10. The Bertz CT molecular complexity index is 557. The molecular formula is C15H19N3O4. The van der Waals surface area contributed by atoms with E-state index >= 15 is 0 Å². The molecule has 1 aromatic carbocycles. The lowest BCUT2D eigenvalue weighted by Crippen LogP contribution is -2.43. The molecule has 1 atom stereocenters. The molecule has 2 saturated heterocycles. The van der Waals surface area contributed by atoms with E-state index in [4.69, 9.17) is 9.47 Å². The van der Waals surface area contributed by atoms with Crippen LogP contribution in [0.3, 0.4) is 0 Å². The predicted octanol–water partition coefficient (Wildman–Crippen LogP) is 0.960. The van der Waals surface area contributed by atoms with Gasteiger partial charge in [0.05, 0.1) is 19.8 Å². The second-order valence-electron chi connectivity index (χ2n) is 5.29. The molecule has 2 aliphatic heterocycles. The summed E-state index contributed by atoms with van der Waals surface area (Å²) in [5.41, 5.74) is 1.39. The van der Waals surface area contributed by atoms with E-state index in [9.17, 15) is 9.59 Å². The highest BCUT2D eigenvalue weighted by Gasteiger charge is 2.24. The third-order valence-electron chi connectivity index (χ3n) is 3.63. The standard InChI is InChI=1S/C15H19N3O4/c19-14(9-12-10-21-6-4-16-12)17-11-2-1-3-13(8-11)18-5-7-22-15(18)20/h1-3,8,12,16H,4-7,9-10H2,(H,17,19)/t12-/m0/s1. The number of nitrogens with one attached hydrogen (secondary N) is 2. The minimum atomic E-state index is -0.355. The second kappa shape index (κ2) is 6.76. The fourth-order valence-electron chi connectivity index (χ4n) is 2.57. The molecule has 0 unspecified atom stereocenters. The maximum Gasteiger partial charge on any atom is 0.414 e. The highest BCUT2D eigenvalue weighted by atomic mass is 16.6. The van der Waals surface area contributed by atoms with Crippen LogP contribution in [0.25, 0.3) is 0 Å². The number of ether oxygens (including phenoxy) is 2. The van der Waals surface area contributed by atoms with E-state index in [2.05, 4.69) is 10.6 Å². The number of anilines is 2. The smallest absolute Gasteiger partial charge is 0.414 e. The molecule has 2 amide bonds. The van der Waals surface area contributed by atoms with Crippen molar-refractivity contribution in [3.63, 3.8) is 0 Å². The lowest BCUT2D eigenvalue weighted by molar-refractivity contribution is -0.117. The number of cyclic esters (lactones) is 1. The van der Waals surface area contributed by atoms with E-state index in [-0.39, 0.29) is 18.0 Å². The summed E-state index contributed by atoms with van der Waals surface area (Å²) in [4.78, 5) is 25.2. The van der Waals surface area contributed by atoms with E-state index in [0.29, 0.717) is 38.5 Å². The van der Waals surface area contributed by atoms with Crippen LogP contribution >= 0.6 is 0 Å². The first kappa shape index (κ1) is 14.8. The number of morpholine rings is 1. The maximum absolute atomic E-state index is 12.1. The Morgan fingerprint density at radius 1 is 1.41 bits per heavy atom.